The van der Waals surface area contributed by atoms with Crippen LogP contribution in [0.2, 0.25) is 0 Å². The molecule has 0 aromatic heterocycles. The number of fused-ring (bicyclic) bond motifs is 1. The predicted octanol–water partition coefficient (Wildman–Crippen LogP) is 4.80. The minimum atomic E-state index is -1.01. The Labute approximate surface area is 150 Å². The van der Waals surface area contributed by atoms with Crippen LogP contribution < -0.4 is 9.64 Å². The van der Waals surface area contributed by atoms with Crippen LogP contribution in [-0.4, -0.2) is 31.3 Å². The van der Waals surface area contributed by atoms with Crippen LogP contribution in [0.5, 0.6) is 5.75 Å². The van der Waals surface area contributed by atoms with E-state index in [0.717, 1.165) is 20.9 Å². The SMILES string of the molecule is C=CCN(CC=C)c1c(C)c(C(=O)O)c(OC)c2cc(Br)ccc12. The van der Waals surface area contributed by atoms with Crippen molar-refractivity contribution in [3.63, 3.8) is 0 Å². The fraction of sp³-hybridized carbons (Fsp3) is 0.211. The number of carboxylic acid groups (broad SMARTS) is 1. The highest BCUT2D eigenvalue weighted by molar-refractivity contribution is 9.10. The van der Waals surface area contributed by atoms with Gasteiger partial charge in [0.25, 0.3) is 0 Å². The average molecular weight is 390 g/mol. The summed E-state index contributed by atoms with van der Waals surface area (Å²) in [4.78, 5) is 13.9. The van der Waals surface area contributed by atoms with Crippen molar-refractivity contribution < 1.29 is 14.6 Å². The molecule has 0 bridgehead atoms. The van der Waals surface area contributed by atoms with Gasteiger partial charge in [-0.2, -0.15) is 0 Å². The Kier molecular flexibility index (Phi) is 5.67. The molecule has 2 aromatic rings. The van der Waals surface area contributed by atoms with E-state index in [1.807, 2.05) is 25.1 Å². The first-order valence-electron chi connectivity index (χ1n) is 7.46. The molecule has 0 aliphatic carbocycles. The highest BCUT2D eigenvalue weighted by atomic mass is 79.9. The van der Waals surface area contributed by atoms with Crippen LogP contribution in [-0.2, 0) is 0 Å². The van der Waals surface area contributed by atoms with Crippen molar-refractivity contribution in [2.45, 2.75) is 6.92 Å². The van der Waals surface area contributed by atoms with Gasteiger partial charge in [-0.05, 0) is 24.6 Å². The van der Waals surface area contributed by atoms with Crippen LogP contribution in [0.3, 0.4) is 0 Å². The third-order valence-electron chi connectivity index (χ3n) is 3.87. The summed E-state index contributed by atoms with van der Waals surface area (Å²) in [5.74, 6) is -0.637. The van der Waals surface area contributed by atoms with E-state index in [-0.39, 0.29) is 5.56 Å². The molecule has 1 N–H and O–H groups in total. The van der Waals surface area contributed by atoms with Crippen molar-refractivity contribution in [2.75, 3.05) is 25.1 Å². The number of halogens is 1. The van der Waals surface area contributed by atoms with Crippen LogP contribution in [0.4, 0.5) is 5.69 Å². The minimum absolute atomic E-state index is 0.177. The zero-order valence-electron chi connectivity index (χ0n) is 13.8. The lowest BCUT2D eigenvalue weighted by Gasteiger charge is -2.27. The third-order valence-corrected chi connectivity index (χ3v) is 4.37. The maximum absolute atomic E-state index is 11.9. The first kappa shape index (κ1) is 18.1. The molecule has 0 heterocycles. The number of ether oxygens (including phenoxy) is 1. The second-order valence-corrected chi connectivity index (χ2v) is 6.27. The summed E-state index contributed by atoms with van der Waals surface area (Å²) in [6.07, 6.45) is 3.58. The van der Waals surface area contributed by atoms with Gasteiger partial charge >= 0.3 is 5.97 Å². The van der Waals surface area contributed by atoms with Gasteiger partial charge in [0.1, 0.15) is 11.3 Å². The van der Waals surface area contributed by atoms with Gasteiger partial charge in [-0.1, -0.05) is 34.1 Å². The lowest BCUT2D eigenvalue weighted by atomic mass is 9.96. The zero-order chi connectivity index (χ0) is 17.9. The van der Waals surface area contributed by atoms with E-state index >= 15 is 0 Å². The molecule has 24 heavy (non-hydrogen) atoms. The molecule has 5 heteroatoms. The number of benzene rings is 2. The smallest absolute Gasteiger partial charge is 0.339 e. The molecule has 0 spiro atoms. The summed E-state index contributed by atoms with van der Waals surface area (Å²) >= 11 is 3.45. The van der Waals surface area contributed by atoms with Crippen molar-refractivity contribution in [1.29, 1.82) is 0 Å². The quantitative estimate of drug-likeness (QED) is 0.691. The Balaban J connectivity index is 2.97. The fourth-order valence-corrected chi connectivity index (χ4v) is 3.34. The van der Waals surface area contributed by atoms with E-state index < -0.39 is 5.97 Å². The summed E-state index contributed by atoms with van der Waals surface area (Å²) in [6, 6.07) is 5.78. The summed E-state index contributed by atoms with van der Waals surface area (Å²) in [5.41, 5.74) is 1.70. The van der Waals surface area contributed by atoms with E-state index in [0.29, 0.717) is 24.4 Å². The van der Waals surface area contributed by atoms with E-state index in [9.17, 15) is 9.90 Å². The van der Waals surface area contributed by atoms with Crippen LogP contribution in [0, 0.1) is 6.92 Å². The van der Waals surface area contributed by atoms with Gasteiger partial charge in [0.15, 0.2) is 0 Å². The summed E-state index contributed by atoms with van der Waals surface area (Å²) in [7, 11) is 1.49. The van der Waals surface area contributed by atoms with Crippen molar-refractivity contribution >= 4 is 38.4 Å². The largest absolute Gasteiger partial charge is 0.495 e. The van der Waals surface area contributed by atoms with Crippen molar-refractivity contribution in [1.82, 2.24) is 0 Å². The lowest BCUT2D eigenvalue weighted by Crippen LogP contribution is -2.25. The minimum Gasteiger partial charge on any atom is -0.495 e. The highest BCUT2D eigenvalue weighted by Crippen LogP contribution is 2.42. The molecule has 4 nitrogen and oxygen atoms in total. The number of rotatable bonds is 7. The van der Waals surface area contributed by atoms with E-state index in [4.69, 9.17) is 4.74 Å². The molecule has 0 aliphatic rings. The lowest BCUT2D eigenvalue weighted by molar-refractivity contribution is 0.0693. The molecular weight excluding hydrogens is 370 g/mol. The Morgan fingerprint density at radius 1 is 1.29 bits per heavy atom. The van der Waals surface area contributed by atoms with Gasteiger partial charge in [0.05, 0.1) is 7.11 Å². The monoisotopic (exact) mass is 389 g/mol. The Morgan fingerprint density at radius 3 is 2.42 bits per heavy atom. The summed E-state index contributed by atoms with van der Waals surface area (Å²) in [6.45, 7) is 10.6. The van der Waals surface area contributed by atoms with Gasteiger partial charge in [0, 0.05) is 34.0 Å². The Morgan fingerprint density at radius 2 is 1.92 bits per heavy atom. The van der Waals surface area contributed by atoms with Crippen LogP contribution in [0.1, 0.15) is 15.9 Å². The normalized spacial score (nSPS) is 10.5. The van der Waals surface area contributed by atoms with Crippen molar-refractivity contribution in [2.24, 2.45) is 0 Å². The van der Waals surface area contributed by atoms with Gasteiger partial charge in [-0.15, -0.1) is 13.2 Å². The number of hydrogen-bond acceptors (Lipinski definition) is 3. The molecule has 0 saturated carbocycles. The summed E-state index contributed by atoms with van der Waals surface area (Å²) < 4.78 is 6.31. The standard InChI is InChI=1S/C19H20BrNO3/c1-5-9-21(10-6-2)17-12(3)16(19(22)23)18(24-4)15-11-13(20)7-8-14(15)17/h5-8,11H,1-2,9-10H2,3-4H3,(H,22,23). The molecule has 0 fully saturated rings. The molecule has 2 rings (SSSR count). The number of nitrogens with zero attached hydrogens (tertiary/aromatic N) is 1. The molecule has 0 aliphatic heterocycles. The van der Waals surface area contributed by atoms with Gasteiger partial charge in [-0.3, -0.25) is 0 Å². The predicted molar refractivity (Wildman–Crippen MR) is 103 cm³/mol. The second kappa shape index (κ2) is 7.53. The first-order chi connectivity index (χ1) is 11.5. The van der Waals surface area contributed by atoms with E-state index in [1.165, 1.54) is 7.11 Å². The molecule has 126 valence electrons. The van der Waals surface area contributed by atoms with Crippen molar-refractivity contribution in [3.05, 3.63) is 59.1 Å². The molecule has 0 saturated heterocycles. The number of methoxy groups -OCH3 is 1. The number of hydrogen-bond donors (Lipinski definition) is 1. The molecule has 0 unspecified atom stereocenters. The third kappa shape index (κ3) is 3.17. The van der Waals surface area contributed by atoms with Crippen LogP contribution in [0.15, 0.2) is 48.0 Å². The number of carboxylic acids is 1. The van der Waals surface area contributed by atoms with Crippen LogP contribution in [0.25, 0.3) is 10.8 Å². The van der Waals surface area contributed by atoms with E-state index in [2.05, 4.69) is 34.0 Å². The van der Waals surface area contributed by atoms with E-state index in [1.54, 1.807) is 12.2 Å². The van der Waals surface area contributed by atoms with Gasteiger partial charge < -0.3 is 14.7 Å². The summed E-state index contributed by atoms with van der Waals surface area (Å²) in [5, 5.41) is 11.4. The molecular formula is C19H20BrNO3. The number of carbonyl (C=O) groups is 1. The maximum atomic E-state index is 11.9. The maximum Gasteiger partial charge on any atom is 0.339 e. The van der Waals surface area contributed by atoms with Crippen molar-refractivity contribution in [3.8, 4) is 5.75 Å². The average Bonchev–Trinajstić information content (AvgIpc) is 2.53. The zero-order valence-corrected chi connectivity index (χ0v) is 15.4. The topological polar surface area (TPSA) is 49.8 Å². The van der Waals surface area contributed by atoms with Gasteiger partial charge in [-0.25, -0.2) is 4.79 Å². The second-order valence-electron chi connectivity index (χ2n) is 5.36. The Hall–Kier alpha value is -2.27. The first-order valence-corrected chi connectivity index (χ1v) is 8.25. The van der Waals surface area contributed by atoms with Crippen LogP contribution >= 0.6 is 15.9 Å². The highest BCUT2D eigenvalue weighted by Gasteiger charge is 2.24. The van der Waals surface area contributed by atoms with Gasteiger partial charge in [0.2, 0.25) is 0 Å². The Bertz CT molecular complexity index is 804. The molecule has 0 radical (unpaired) electrons. The fourth-order valence-electron chi connectivity index (χ4n) is 2.98. The number of aromatic carboxylic acids is 1. The molecule has 0 amide bonds. The molecule has 2 aromatic carbocycles. The number of anilines is 1. The molecule has 0 atom stereocenters.